The first-order valence-corrected chi connectivity index (χ1v) is 7.43. The average Bonchev–Trinajstić information content (AvgIpc) is 2.49. The van der Waals surface area contributed by atoms with Crippen LogP contribution in [0.5, 0.6) is 0 Å². The summed E-state index contributed by atoms with van der Waals surface area (Å²) in [6.45, 7) is 6.43. The van der Waals surface area contributed by atoms with E-state index in [1.165, 1.54) is 0 Å². The number of hydrogen-bond acceptors (Lipinski definition) is 4. The standard InChI is InChI=1S/C17H22N4O/c1-11(2)16-15(10-20-12(3)21-16)17(22)19-9-8-13-4-6-14(18)7-5-13/h4-7,10-11H,8-9,18H2,1-3H3,(H,19,22). The Morgan fingerprint density at radius 1 is 1.27 bits per heavy atom. The quantitative estimate of drug-likeness (QED) is 0.831. The van der Waals surface area contributed by atoms with Gasteiger partial charge < -0.3 is 11.1 Å². The van der Waals surface area contributed by atoms with Crippen LogP contribution in [0.1, 0.15) is 47.2 Å². The number of aromatic nitrogens is 2. The molecular formula is C17H22N4O. The van der Waals surface area contributed by atoms with Gasteiger partial charge in [-0.3, -0.25) is 4.79 Å². The van der Waals surface area contributed by atoms with Gasteiger partial charge in [-0.25, -0.2) is 9.97 Å². The number of nitrogen functional groups attached to an aromatic ring is 1. The van der Waals surface area contributed by atoms with Crippen LogP contribution >= 0.6 is 0 Å². The zero-order chi connectivity index (χ0) is 16.1. The Balaban J connectivity index is 1.99. The van der Waals surface area contributed by atoms with Crippen LogP contribution in [0, 0.1) is 6.92 Å². The third-order valence-electron chi connectivity index (χ3n) is 3.41. The third kappa shape index (κ3) is 4.04. The zero-order valence-corrected chi connectivity index (χ0v) is 13.3. The first-order valence-electron chi connectivity index (χ1n) is 7.43. The van der Waals surface area contributed by atoms with Crippen LogP contribution < -0.4 is 11.1 Å². The number of carbonyl (C=O) groups excluding carboxylic acids is 1. The van der Waals surface area contributed by atoms with Gasteiger partial charge in [-0.15, -0.1) is 0 Å². The fraction of sp³-hybridized carbons (Fsp3) is 0.353. The van der Waals surface area contributed by atoms with Crippen molar-refractivity contribution in [2.75, 3.05) is 12.3 Å². The highest BCUT2D eigenvalue weighted by Crippen LogP contribution is 2.16. The molecule has 1 aromatic heterocycles. The molecule has 0 aliphatic heterocycles. The van der Waals surface area contributed by atoms with E-state index < -0.39 is 0 Å². The Bertz CT molecular complexity index is 650. The molecule has 2 aromatic rings. The highest BCUT2D eigenvalue weighted by molar-refractivity contribution is 5.95. The lowest BCUT2D eigenvalue weighted by Gasteiger charge is -2.12. The first kappa shape index (κ1) is 15.9. The molecular weight excluding hydrogens is 276 g/mol. The molecule has 3 N–H and O–H groups in total. The number of rotatable bonds is 5. The van der Waals surface area contributed by atoms with Crippen molar-refractivity contribution in [1.29, 1.82) is 0 Å². The van der Waals surface area contributed by atoms with E-state index in [1.807, 2.05) is 45.0 Å². The van der Waals surface area contributed by atoms with Gasteiger partial charge in [0, 0.05) is 18.4 Å². The van der Waals surface area contributed by atoms with Crippen LogP contribution in [0.15, 0.2) is 30.5 Å². The number of amides is 1. The molecule has 0 unspecified atom stereocenters. The molecule has 2 rings (SSSR count). The molecule has 5 heteroatoms. The van der Waals surface area contributed by atoms with Crippen molar-refractivity contribution < 1.29 is 4.79 Å². The van der Waals surface area contributed by atoms with Gasteiger partial charge in [-0.2, -0.15) is 0 Å². The molecule has 0 aliphatic carbocycles. The van der Waals surface area contributed by atoms with Gasteiger partial charge >= 0.3 is 0 Å². The molecule has 0 aliphatic rings. The molecule has 5 nitrogen and oxygen atoms in total. The maximum Gasteiger partial charge on any atom is 0.254 e. The number of carbonyl (C=O) groups is 1. The van der Waals surface area contributed by atoms with E-state index >= 15 is 0 Å². The van der Waals surface area contributed by atoms with Crippen LogP contribution in [0.4, 0.5) is 5.69 Å². The van der Waals surface area contributed by atoms with E-state index in [2.05, 4.69) is 15.3 Å². The molecule has 1 aromatic carbocycles. The molecule has 22 heavy (non-hydrogen) atoms. The Morgan fingerprint density at radius 2 is 1.95 bits per heavy atom. The SMILES string of the molecule is Cc1ncc(C(=O)NCCc2ccc(N)cc2)c(C(C)C)n1. The van der Waals surface area contributed by atoms with E-state index in [9.17, 15) is 4.79 Å². The summed E-state index contributed by atoms with van der Waals surface area (Å²) in [5.74, 6) is 0.737. The normalized spacial score (nSPS) is 10.7. The highest BCUT2D eigenvalue weighted by Gasteiger charge is 2.15. The minimum atomic E-state index is -0.126. The van der Waals surface area contributed by atoms with Crippen LogP contribution in [0.2, 0.25) is 0 Å². The molecule has 0 radical (unpaired) electrons. The number of nitrogens with two attached hydrogens (primary N) is 1. The highest BCUT2D eigenvalue weighted by atomic mass is 16.1. The predicted octanol–water partition coefficient (Wildman–Crippen LogP) is 2.46. The fourth-order valence-corrected chi connectivity index (χ4v) is 2.20. The average molecular weight is 298 g/mol. The number of aryl methyl sites for hydroxylation is 1. The van der Waals surface area contributed by atoms with Gasteiger partial charge in [0.15, 0.2) is 0 Å². The summed E-state index contributed by atoms with van der Waals surface area (Å²) in [6, 6.07) is 7.66. The largest absolute Gasteiger partial charge is 0.399 e. The molecule has 0 saturated carbocycles. The van der Waals surface area contributed by atoms with E-state index in [0.717, 1.165) is 23.4 Å². The lowest BCUT2D eigenvalue weighted by Crippen LogP contribution is -2.27. The second-order valence-corrected chi connectivity index (χ2v) is 5.62. The summed E-state index contributed by atoms with van der Waals surface area (Å²) in [5.41, 5.74) is 8.88. The summed E-state index contributed by atoms with van der Waals surface area (Å²) < 4.78 is 0. The lowest BCUT2D eigenvalue weighted by molar-refractivity contribution is 0.0952. The maximum absolute atomic E-state index is 12.3. The minimum Gasteiger partial charge on any atom is -0.399 e. The molecule has 1 amide bonds. The number of nitrogens with one attached hydrogen (secondary N) is 1. The molecule has 0 spiro atoms. The summed E-state index contributed by atoms with van der Waals surface area (Å²) in [4.78, 5) is 20.8. The summed E-state index contributed by atoms with van der Waals surface area (Å²) in [7, 11) is 0. The van der Waals surface area contributed by atoms with Crippen molar-refractivity contribution in [3.63, 3.8) is 0 Å². The van der Waals surface area contributed by atoms with Crippen molar-refractivity contribution in [2.24, 2.45) is 0 Å². The monoisotopic (exact) mass is 298 g/mol. The van der Waals surface area contributed by atoms with Gasteiger partial charge in [-0.1, -0.05) is 26.0 Å². The van der Waals surface area contributed by atoms with Crippen molar-refractivity contribution in [2.45, 2.75) is 33.1 Å². The number of anilines is 1. The van der Waals surface area contributed by atoms with Gasteiger partial charge in [0.25, 0.3) is 5.91 Å². The Labute approximate surface area is 131 Å². The van der Waals surface area contributed by atoms with Crippen molar-refractivity contribution in [1.82, 2.24) is 15.3 Å². The van der Waals surface area contributed by atoms with E-state index in [-0.39, 0.29) is 11.8 Å². The zero-order valence-electron chi connectivity index (χ0n) is 13.3. The van der Waals surface area contributed by atoms with Crippen LogP contribution in [0.25, 0.3) is 0 Å². The molecule has 0 atom stereocenters. The van der Waals surface area contributed by atoms with Crippen LogP contribution in [-0.4, -0.2) is 22.4 Å². The van der Waals surface area contributed by atoms with E-state index in [4.69, 9.17) is 5.73 Å². The second kappa shape index (κ2) is 7.02. The fourth-order valence-electron chi connectivity index (χ4n) is 2.20. The molecule has 0 fully saturated rings. The second-order valence-electron chi connectivity index (χ2n) is 5.62. The summed E-state index contributed by atoms with van der Waals surface area (Å²) >= 11 is 0. The first-order chi connectivity index (χ1) is 10.5. The molecule has 0 saturated heterocycles. The Hall–Kier alpha value is -2.43. The van der Waals surface area contributed by atoms with Crippen LogP contribution in [-0.2, 0) is 6.42 Å². The van der Waals surface area contributed by atoms with Crippen molar-refractivity contribution in [3.8, 4) is 0 Å². The van der Waals surface area contributed by atoms with Crippen LogP contribution in [0.3, 0.4) is 0 Å². The molecule has 116 valence electrons. The van der Waals surface area contributed by atoms with E-state index in [1.54, 1.807) is 6.20 Å². The number of hydrogen-bond donors (Lipinski definition) is 2. The Kier molecular flexibility index (Phi) is 5.09. The van der Waals surface area contributed by atoms with E-state index in [0.29, 0.717) is 17.9 Å². The molecule has 1 heterocycles. The Morgan fingerprint density at radius 3 is 2.59 bits per heavy atom. The van der Waals surface area contributed by atoms with Crippen molar-refractivity contribution >= 4 is 11.6 Å². The minimum absolute atomic E-state index is 0.126. The van der Waals surface area contributed by atoms with Gasteiger partial charge in [0.2, 0.25) is 0 Å². The lowest BCUT2D eigenvalue weighted by atomic mass is 10.0. The summed E-state index contributed by atoms with van der Waals surface area (Å²) in [5, 5.41) is 2.93. The smallest absolute Gasteiger partial charge is 0.254 e. The topological polar surface area (TPSA) is 80.9 Å². The van der Waals surface area contributed by atoms with Gasteiger partial charge in [0.1, 0.15) is 5.82 Å². The number of nitrogens with zero attached hydrogens (tertiary/aromatic N) is 2. The van der Waals surface area contributed by atoms with Crippen molar-refractivity contribution in [3.05, 3.63) is 53.1 Å². The van der Waals surface area contributed by atoms with Gasteiger partial charge in [0.05, 0.1) is 11.3 Å². The predicted molar refractivity (Wildman–Crippen MR) is 87.7 cm³/mol. The third-order valence-corrected chi connectivity index (χ3v) is 3.41. The van der Waals surface area contributed by atoms with Gasteiger partial charge in [-0.05, 0) is 37.0 Å². The molecule has 0 bridgehead atoms. The number of benzene rings is 1. The summed E-state index contributed by atoms with van der Waals surface area (Å²) in [6.07, 6.45) is 2.37. The maximum atomic E-state index is 12.3.